The first-order chi connectivity index (χ1) is 14.8. The summed E-state index contributed by atoms with van der Waals surface area (Å²) >= 11 is 1.38. The van der Waals surface area contributed by atoms with Gasteiger partial charge in [0.2, 0.25) is 23.6 Å². The lowest BCUT2D eigenvalue weighted by Gasteiger charge is -2.25. The number of carbonyl (C=O) groups excluding carboxylic acids is 4. The molecule has 0 aliphatic rings. The molecule has 0 saturated heterocycles. The van der Waals surface area contributed by atoms with E-state index in [0.717, 1.165) is 0 Å². The highest BCUT2D eigenvalue weighted by atomic mass is 32.2. The largest absolute Gasteiger partial charge is 0.480 e. The number of nitrogens with one attached hydrogen (secondary N) is 4. The molecule has 32 heavy (non-hydrogen) atoms. The number of aliphatic hydroxyl groups is 2. The number of thioether (sulfide) groups is 1. The van der Waals surface area contributed by atoms with Crippen molar-refractivity contribution in [1.82, 2.24) is 21.3 Å². The normalized spacial score (nSPS) is 16.5. The highest BCUT2D eigenvalue weighted by Crippen LogP contribution is 2.04. The Balaban J connectivity index is 5.22. The molecule has 0 spiro atoms. The maximum Gasteiger partial charge on any atom is 0.328 e. The van der Waals surface area contributed by atoms with Crippen molar-refractivity contribution in [2.45, 2.75) is 63.5 Å². The SMILES string of the molecule is CSCC[C@H](NC(=O)[C@H](CO)NC(=O)[C@H](C)NC(=O)[C@H](C)N)C(=O)N[C@H](C(=O)O)[C@@H](C)O. The first kappa shape index (κ1) is 29.6. The molecule has 9 N–H and O–H groups in total. The Morgan fingerprint density at radius 2 is 1.41 bits per heavy atom. The molecule has 0 aliphatic carbocycles. The third kappa shape index (κ3) is 10.3. The summed E-state index contributed by atoms with van der Waals surface area (Å²) in [6.07, 6.45) is 0.504. The van der Waals surface area contributed by atoms with Crippen molar-refractivity contribution in [3.8, 4) is 0 Å². The molecule has 0 aliphatic heterocycles. The molecule has 0 aromatic carbocycles. The molecule has 6 atom stereocenters. The van der Waals surface area contributed by atoms with Crippen LogP contribution in [0.15, 0.2) is 0 Å². The van der Waals surface area contributed by atoms with Crippen LogP contribution in [-0.4, -0.2) is 99.8 Å². The fraction of sp³-hybridized carbons (Fsp3) is 0.722. The van der Waals surface area contributed by atoms with E-state index < -0.39 is 72.5 Å². The molecule has 4 amide bonds. The first-order valence-corrected chi connectivity index (χ1v) is 11.2. The summed E-state index contributed by atoms with van der Waals surface area (Å²) in [6, 6.07) is -6.10. The highest BCUT2D eigenvalue weighted by Gasteiger charge is 2.31. The van der Waals surface area contributed by atoms with Gasteiger partial charge in [0.15, 0.2) is 6.04 Å². The number of amides is 4. The lowest BCUT2D eigenvalue weighted by molar-refractivity contribution is -0.145. The monoisotopic (exact) mass is 479 g/mol. The quantitative estimate of drug-likeness (QED) is 0.123. The van der Waals surface area contributed by atoms with Crippen LogP contribution in [0.2, 0.25) is 0 Å². The van der Waals surface area contributed by atoms with E-state index in [2.05, 4.69) is 21.3 Å². The summed E-state index contributed by atoms with van der Waals surface area (Å²) in [7, 11) is 0. The Kier molecular flexibility index (Phi) is 13.5. The average molecular weight is 480 g/mol. The number of carboxylic acids is 1. The summed E-state index contributed by atoms with van der Waals surface area (Å²) in [5.41, 5.74) is 5.41. The second-order valence-corrected chi connectivity index (χ2v) is 8.16. The minimum absolute atomic E-state index is 0.123. The summed E-state index contributed by atoms with van der Waals surface area (Å²) in [6.45, 7) is 3.18. The van der Waals surface area contributed by atoms with Crippen LogP contribution < -0.4 is 27.0 Å². The van der Waals surface area contributed by atoms with Crippen LogP contribution >= 0.6 is 11.8 Å². The molecule has 0 aromatic heterocycles. The molecule has 0 heterocycles. The van der Waals surface area contributed by atoms with Crippen LogP contribution in [0.25, 0.3) is 0 Å². The third-order valence-corrected chi connectivity index (χ3v) is 4.91. The van der Waals surface area contributed by atoms with Gasteiger partial charge in [-0.25, -0.2) is 4.79 Å². The van der Waals surface area contributed by atoms with Gasteiger partial charge in [-0.1, -0.05) is 0 Å². The van der Waals surface area contributed by atoms with E-state index in [-0.39, 0.29) is 6.42 Å². The smallest absolute Gasteiger partial charge is 0.328 e. The molecule has 0 saturated carbocycles. The van der Waals surface area contributed by atoms with Gasteiger partial charge in [0, 0.05) is 0 Å². The molecule has 0 fully saturated rings. The second-order valence-electron chi connectivity index (χ2n) is 7.17. The molecule has 0 bridgehead atoms. The van der Waals surface area contributed by atoms with Crippen LogP contribution in [-0.2, 0) is 24.0 Å². The Labute approximate surface area is 190 Å². The van der Waals surface area contributed by atoms with E-state index in [1.165, 1.54) is 32.5 Å². The fourth-order valence-electron chi connectivity index (χ4n) is 2.32. The number of rotatable bonds is 14. The fourth-order valence-corrected chi connectivity index (χ4v) is 2.79. The predicted molar refractivity (Wildman–Crippen MR) is 116 cm³/mol. The van der Waals surface area contributed by atoms with Gasteiger partial charge in [-0.05, 0) is 39.2 Å². The number of hydrogen-bond donors (Lipinski definition) is 8. The van der Waals surface area contributed by atoms with E-state index in [1.807, 2.05) is 0 Å². The number of nitrogens with two attached hydrogens (primary N) is 1. The zero-order chi connectivity index (χ0) is 25.0. The molecule has 0 unspecified atom stereocenters. The number of carbonyl (C=O) groups is 5. The summed E-state index contributed by atoms with van der Waals surface area (Å²) in [4.78, 5) is 60.1. The molecule has 0 radical (unpaired) electrons. The van der Waals surface area contributed by atoms with Crippen molar-refractivity contribution < 1.29 is 39.3 Å². The molecule has 0 rings (SSSR count). The van der Waals surface area contributed by atoms with Crippen LogP contribution in [0.1, 0.15) is 27.2 Å². The summed E-state index contributed by atoms with van der Waals surface area (Å²) in [5.74, 6) is -4.11. The van der Waals surface area contributed by atoms with E-state index in [0.29, 0.717) is 5.75 Å². The van der Waals surface area contributed by atoms with E-state index in [4.69, 9.17) is 10.8 Å². The van der Waals surface area contributed by atoms with Gasteiger partial charge < -0.3 is 42.3 Å². The topological polar surface area (TPSA) is 220 Å². The third-order valence-electron chi connectivity index (χ3n) is 4.27. The van der Waals surface area contributed by atoms with Crippen LogP contribution in [0.4, 0.5) is 0 Å². The summed E-state index contributed by atoms with van der Waals surface area (Å²) < 4.78 is 0. The predicted octanol–water partition coefficient (Wildman–Crippen LogP) is -3.50. The van der Waals surface area contributed by atoms with Crippen molar-refractivity contribution in [2.75, 3.05) is 18.6 Å². The minimum Gasteiger partial charge on any atom is -0.480 e. The second kappa shape index (κ2) is 14.6. The molecule has 0 aromatic rings. The van der Waals surface area contributed by atoms with E-state index in [9.17, 15) is 34.2 Å². The van der Waals surface area contributed by atoms with E-state index >= 15 is 0 Å². The number of aliphatic hydroxyl groups excluding tert-OH is 2. The maximum atomic E-state index is 12.5. The number of hydrogen-bond acceptors (Lipinski definition) is 9. The van der Waals surface area contributed by atoms with Crippen molar-refractivity contribution >= 4 is 41.4 Å². The van der Waals surface area contributed by atoms with Gasteiger partial charge in [-0.2, -0.15) is 11.8 Å². The van der Waals surface area contributed by atoms with Gasteiger partial charge in [-0.15, -0.1) is 0 Å². The van der Waals surface area contributed by atoms with Crippen LogP contribution in [0, 0.1) is 0 Å². The Bertz CT molecular complexity index is 676. The summed E-state index contributed by atoms with van der Waals surface area (Å²) in [5, 5.41) is 37.3. The van der Waals surface area contributed by atoms with Crippen molar-refractivity contribution in [3.63, 3.8) is 0 Å². The van der Waals surface area contributed by atoms with Crippen LogP contribution in [0.5, 0.6) is 0 Å². The first-order valence-electron chi connectivity index (χ1n) is 9.83. The zero-order valence-electron chi connectivity index (χ0n) is 18.5. The average Bonchev–Trinajstić information content (AvgIpc) is 2.71. The molecule has 14 heteroatoms. The zero-order valence-corrected chi connectivity index (χ0v) is 19.3. The molecular formula is C18H33N5O8S. The highest BCUT2D eigenvalue weighted by molar-refractivity contribution is 7.98. The molecule has 13 nitrogen and oxygen atoms in total. The lowest BCUT2D eigenvalue weighted by atomic mass is 10.1. The Hall–Kier alpha value is -2.42. The lowest BCUT2D eigenvalue weighted by Crippen LogP contribution is -2.59. The standard InChI is InChI=1S/C18H33N5O8S/c1-8(19)14(26)20-9(2)15(27)22-12(7-24)17(29)21-11(5-6-32-4)16(28)23-13(10(3)25)18(30)31/h8-13,24-25H,5-7,19H2,1-4H3,(H,20,26)(H,21,29)(H,22,27)(H,23,28)(H,30,31)/t8-,9-,10+,11-,12-,13-/m0/s1. The van der Waals surface area contributed by atoms with Crippen LogP contribution in [0.3, 0.4) is 0 Å². The molecular weight excluding hydrogens is 446 g/mol. The van der Waals surface area contributed by atoms with Gasteiger partial charge in [0.1, 0.15) is 18.1 Å². The van der Waals surface area contributed by atoms with Gasteiger partial charge >= 0.3 is 5.97 Å². The van der Waals surface area contributed by atoms with Gasteiger partial charge in [-0.3, -0.25) is 19.2 Å². The number of carboxylic acid groups (broad SMARTS) is 1. The number of aliphatic carboxylic acids is 1. The Morgan fingerprint density at radius 1 is 0.875 bits per heavy atom. The van der Waals surface area contributed by atoms with Crippen molar-refractivity contribution in [1.29, 1.82) is 0 Å². The van der Waals surface area contributed by atoms with Gasteiger partial charge in [0.25, 0.3) is 0 Å². The minimum atomic E-state index is -1.58. The molecule has 184 valence electrons. The van der Waals surface area contributed by atoms with Crippen molar-refractivity contribution in [2.24, 2.45) is 5.73 Å². The van der Waals surface area contributed by atoms with Crippen molar-refractivity contribution in [3.05, 3.63) is 0 Å². The van der Waals surface area contributed by atoms with Gasteiger partial charge in [0.05, 0.1) is 18.8 Å². The Morgan fingerprint density at radius 3 is 1.84 bits per heavy atom. The maximum absolute atomic E-state index is 12.5. The van der Waals surface area contributed by atoms with E-state index in [1.54, 1.807) is 6.26 Å².